The summed E-state index contributed by atoms with van der Waals surface area (Å²) in [5.74, 6) is 1.31. The van der Waals surface area contributed by atoms with E-state index in [4.69, 9.17) is 9.47 Å². The van der Waals surface area contributed by atoms with E-state index < -0.39 is 0 Å². The molecule has 0 aliphatic rings. The Bertz CT molecular complexity index is 734. The monoisotopic (exact) mass is 342 g/mol. The molecule has 0 fully saturated rings. The van der Waals surface area contributed by atoms with Crippen LogP contribution in [-0.4, -0.2) is 26.7 Å². The van der Waals surface area contributed by atoms with Crippen molar-refractivity contribution < 1.29 is 14.3 Å². The van der Waals surface area contributed by atoms with Crippen LogP contribution < -0.4 is 20.1 Å². The highest BCUT2D eigenvalue weighted by Crippen LogP contribution is 2.27. The van der Waals surface area contributed by atoms with Crippen molar-refractivity contribution in [1.29, 1.82) is 0 Å². The Balaban J connectivity index is 1.91. The second-order valence-corrected chi connectivity index (χ2v) is 6.11. The largest absolute Gasteiger partial charge is 0.493 e. The Hall–Kier alpha value is -2.53. The quantitative estimate of drug-likeness (QED) is 0.810. The van der Waals surface area contributed by atoms with Gasteiger partial charge in [-0.05, 0) is 49.6 Å². The van der Waals surface area contributed by atoms with Gasteiger partial charge in [-0.2, -0.15) is 0 Å². The van der Waals surface area contributed by atoms with Gasteiger partial charge in [0.25, 0.3) is 0 Å². The molecule has 0 unspecified atom stereocenters. The molecule has 0 heterocycles. The maximum Gasteiger partial charge on any atom is 0.238 e. The van der Waals surface area contributed by atoms with Gasteiger partial charge >= 0.3 is 0 Å². The van der Waals surface area contributed by atoms with Gasteiger partial charge in [0.15, 0.2) is 11.5 Å². The fourth-order valence-electron chi connectivity index (χ4n) is 2.87. The average molecular weight is 342 g/mol. The van der Waals surface area contributed by atoms with Gasteiger partial charge in [0, 0.05) is 12.2 Å². The lowest BCUT2D eigenvalue weighted by Crippen LogP contribution is -2.28. The number of carbonyl (C=O) groups is 1. The third kappa shape index (κ3) is 4.97. The summed E-state index contributed by atoms with van der Waals surface area (Å²) in [6.07, 6.45) is 0. The molecule has 0 saturated carbocycles. The summed E-state index contributed by atoms with van der Waals surface area (Å²) >= 11 is 0. The van der Waals surface area contributed by atoms with Gasteiger partial charge in [-0.3, -0.25) is 4.79 Å². The highest BCUT2D eigenvalue weighted by atomic mass is 16.5. The highest BCUT2D eigenvalue weighted by Gasteiger charge is 2.09. The van der Waals surface area contributed by atoms with E-state index in [2.05, 4.69) is 29.7 Å². The molecule has 2 aromatic carbocycles. The van der Waals surface area contributed by atoms with Crippen LogP contribution in [0.4, 0.5) is 5.69 Å². The molecule has 2 aromatic rings. The third-order valence-corrected chi connectivity index (χ3v) is 4.00. The molecule has 0 aromatic heterocycles. The average Bonchev–Trinajstić information content (AvgIpc) is 2.58. The Morgan fingerprint density at radius 3 is 2.20 bits per heavy atom. The van der Waals surface area contributed by atoms with E-state index in [9.17, 15) is 4.79 Å². The molecule has 5 heteroatoms. The van der Waals surface area contributed by atoms with Crippen molar-refractivity contribution in [3.8, 4) is 11.5 Å². The normalized spacial score (nSPS) is 10.4. The molecule has 0 spiro atoms. The molecule has 0 saturated heterocycles. The first-order valence-electron chi connectivity index (χ1n) is 8.24. The van der Waals surface area contributed by atoms with Gasteiger partial charge in [0.2, 0.25) is 5.91 Å². The molecule has 0 atom stereocenters. The molecular formula is C20H26N2O3. The van der Waals surface area contributed by atoms with E-state index in [0.29, 0.717) is 18.0 Å². The van der Waals surface area contributed by atoms with Crippen molar-refractivity contribution >= 4 is 11.6 Å². The van der Waals surface area contributed by atoms with Crippen LogP contribution in [-0.2, 0) is 11.3 Å². The SMILES string of the molecule is COc1ccc(CNCC(=O)Nc2c(C)cc(C)cc2C)cc1OC. The van der Waals surface area contributed by atoms with E-state index in [1.165, 1.54) is 5.56 Å². The molecule has 2 rings (SSSR count). The second kappa shape index (κ2) is 8.53. The van der Waals surface area contributed by atoms with Crippen LogP contribution in [0.15, 0.2) is 30.3 Å². The summed E-state index contributed by atoms with van der Waals surface area (Å²) < 4.78 is 10.5. The first-order valence-corrected chi connectivity index (χ1v) is 8.24. The van der Waals surface area contributed by atoms with E-state index in [1.54, 1.807) is 14.2 Å². The number of hydrogen-bond donors (Lipinski definition) is 2. The zero-order chi connectivity index (χ0) is 18.4. The lowest BCUT2D eigenvalue weighted by molar-refractivity contribution is -0.115. The van der Waals surface area contributed by atoms with Crippen LogP contribution in [0.5, 0.6) is 11.5 Å². The summed E-state index contributed by atoms with van der Waals surface area (Å²) in [6, 6.07) is 9.84. The fraction of sp³-hybridized carbons (Fsp3) is 0.350. The van der Waals surface area contributed by atoms with E-state index in [0.717, 1.165) is 22.4 Å². The summed E-state index contributed by atoms with van der Waals surface area (Å²) in [6.45, 7) is 6.87. The van der Waals surface area contributed by atoms with Crippen molar-refractivity contribution in [3.63, 3.8) is 0 Å². The molecular weight excluding hydrogens is 316 g/mol. The Morgan fingerprint density at radius 2 is 1.60 bits per heavy atom. The van der Waals surface area contributed by atoms with Crippen LogP contribution in [0.1, 0.15) is 22.3 Å². The molecule has 2 N–H and O–H groups in total. The number of anilines is 1. The third-order valence-electron chi connectivity index (χ3n) is 4.00. The number of carbonyl (C=O) groups excluding carboxylic acids is 1. The number of rotatable bonds is 7. The number of aryl methyl sites for hydroxylation is 3. The number of amides is 1. The Morgan fingerprint density at radius 1 is 0.960 bits per heavy atom. The number of ether oxygens (including phenoxy) is 2. The molecule has 5 nitrogen and oxygen atoms in total. The Kier molecular flexibility index (Phi) is 6.42. The van der Waals surface area contributed by atoms with E-state index in [-0.39, 0.29) is 12.5 Å². The predicted molar refractivity (Wildman–Crippen MR) is 101 cm³/mol. The standard InChI is InChI=1S/C20H26N2O3/c1-13-8-14(2)20(15(3)9-13)22-19(23)12-21-11-16-6-7-17(24-4)18(10-16)25-5/h6-10,21H,11-12H2,1-5H3,(H,22,23). The first kappa shape index (κ1) is 18.8. The smallest absolute Gasteiger partial charge is 0.238 e. The minimum atomic E-state index is -0.0597. The van der Waals surface area contributed by atoms with Gasteiger partial charge < -0.3 is 20.1 Å². The summed E-state index contributed by atoms with van der Waals surface area (Å²) in [7, 11) is 3.21. The van der Waals surface area contributed by atoms with Gasteiger partial charge in [-0.15, -0.1) is 0 Å². The second-order valence-electron chi connectivity index (χ2n) is 6.11. The predicted octanol–water partition coefficient (Wildman–Crippen LogP) is 3.36. The van der Waals surface area contributed by atoms with Crippen LogP contribution in [0, 0.1) is 20.8 Å². The lowest BCUT2D eigenvalue weighted by atomic mass is 10.1. The van der Waals surface area contributed by atoms with Crippen LogP contribution >= 0.6 is 0 Å². The first-order chi connectivity index (χ1) is 11.9. The van der Waals surface area contributed by atoms with Gasteiger partial charge in [0.05, 0.1) is 20.8 Å². The van der Waals surface area contributed by atoms with Crippen molar-refractivity contribution in [2.24, 2.45) is 0 Å². The number of nitrogens with one attached hydrogen (secondary N) is 2. The lowest BCUT2D eigenvalue weighted by Gasteiger charge is -2.13. The molecule has 0 bridgehead atoms. The van der Waals surface area contributed by atoms with Crippen molar-refractivity contribution in [1.82, 2.24) is 5.32 Å². The molecule has 134 valence electrons. The summed E-state index contributed by atoms with van der Waals surface area (Å²) in [4.78, 5) is 12.2. The van der Waals surface area contributed by atoms with E-state index >= 15 is 0 Å². The Labute approximate surface area is 149 Å². The fourth-order valence-corrected chi connectivity index (χ4v) is 2.87. The number of benzene rings is 2. The molecule has 0 aliphatic heterocycles. The van der Waals surface area contributed by atoms with Crippen LogP contribution in [0.25, 0.3) is 0 Å². The van der Waals surface area contributed by atoms with Gasteiger partial charge in [-0.1, -0.05) is 23.8 Å². The zero-order valence-corrected chi connectivity index (χ0v) is 15.5. The highest BCUT2D eigenvalue weighted by molar-refractivity contribution is 5.93. The topological polar surface area (TPSA) is 59.6 Å². The van der Waals surface area contributed by atoms with Crippen molar-refractivity contribution in [2.45, 2.75) is 27.3 Å². The maximum atomic E-state index is 12.2. The minimum Gasteiger partial charge on any atom is -0.493 e. The number of hydrogen-bond acceptors (Lipinski definition) is 4. The summed E-state index contributed by atoms with van der Waals surface area (Å²) in [5, 5.41) is 6.14. The molecule has 0 aliphatic carbocycles. The minimum absolute atomic E-state index is 0.0597. The van der Waals surface area contributed by atoms with Gasteiger partial charge in [0.1, 0.15) is 0 Å². The van der Waals surface area contributed by atoms with E-state index in [1.807, 2.05) is 32.0 Å². The van der Waals surface area contributed by atoms with Crippen molar-refractivity contribution in [2.75, 3.05) is 26.1 Å². The summed E-state index contributed by atoms with van der Waals surface area (Å²) in [5.41, 5.74) is 5.26. The van der Waals surface area contributed by atoms with Crippen molar-refractivity contribution in [3.05, 3.63) is 52.6 Å². The molecule has 0 radical (unpaired) electrons. The van der Waals surface area contributed by atoms with Crippen LogP contribution in [0.3, 0.4) is 0 Å². The maximum absolute atomic E-state index is 12.2. The zero-order valence-electron chi connectivity index (χ0n) is 15.5. The van der Waals surface area contributed by atoms with Gasteiger partial charge in [-0.25, -0.2) is 0 Å². The molecule has 25 heavy (non-hydrogen) atoms. The van der Waals surface area contributed by atoms with Crippen LogP contribution in [0.2, 0.25) is 0 Å². The molecule has 1 amide bonds. The number of methoxy groups -OCH3 is 2.